The molecule has 2 aromatic rings. The molecule has 2 aromatic heterocycles. The third kappa shape index (κ3) is 1.45. The van der Waals surface area contributed by atoms with Crippen molar-refractivity contribution >= 4 is 0 Å². The molecule has 0 spiro atoms. The fraction of sp³-hybridized carbons (Fsp3) is 0.167. The van der Waals surface area contributed by atoms with Crippen molar-refractivity contribution in [2.24, 2.45) is 0 Å². The summed E-state index contributed by atoms with van der Waals surface area (Å²) in [6.07, 6.45) is -2.73. The molecule has 0 atom stereocenters. The molecule has 0 aliphatic heterocycles. The van der Waals surface area contributed by atoms with Crippen LogP contribution < -0.4 is 0 Å². The lowest BCUT2D eigenvalue weighted by Crippen LogP contribution is -2.16. The summed E-state index contributed by atoms with van der Waals surface area (Å²) in [6.45, 7) is 0. The Balaban J connectivity index is 2.36. The van der Waals surface area contributed by atoms with Crippen LogP contribution >= 0.6 is 0 Å². The third-order valence-corrected chi connectivity index (χ3v) is 1.44. The first-order valence-electron chi connectivity index (χ1n) is 3.47. The molecule has 0 radical (unpaired) electrons. The van der Waals surface area contributed by atoms with Gasteiger partial charge in [0.2, 0.25) is 12.2 Å². The van der Waals surface area contributed by atoms with Gasteiger partial charge in [-0.1, -0.05) is 5.16 Å². The number of alkyl halides is 3. The van der Waals surface area contributed by atoms with E-state index in [-0.39, 0.29) is 16.2 Å². The molecule has 0 saturated heterocycles. The monoisotopic (exact) mass is 204 g/mol. The van der Waals surface area contributed by atoms with E-state index in [1.54, 1.807) is 0 Å². The lowest BCUT2D eigenvalue weighted by atomic mass is 10.4. The third-order valence-electron chi connectivity index (χ3n) is 1.44. The smallest absolute Gasteiger partial charge is 0.342 e. The molecule has 0 N–H and O–H groups in total. The maximum atomic E-state index is 12.1. The zero-order valence-corrected chi connectivity index (χ0v) is 6.56. The highest BCUT2D eigenvalue weighted by Crippen LogP contribution is 2.22. The maximum absolute atomic E-state index is 12.1. The molecule has 74 valence electrons. The summed E-state index contributed by atoms with van der Waals surface area (Å²) in [5.74, 6) is 0.0213. The molecule has 0 fully saturated rings. The van der Waals surface area contributed by atoms with Crippen LogP contribution in [0.15, 0.2) is 23.2 Å². The molecular formula is C6H3F3N4O. The SMILES string of the molecule is FC(F)(F)n1ccc(-c2ncon2)n1. The van der Waals surface area contributed by atoms with Crippen LogP contribution in [0.1, 0.15) is 0 Å². The van der Waals surface area contributed by atoms with Gasteiger partial charge in [-0.3, -0.25) is 0 Å². The molecule has 0 aliphatic rings. The highest BCUT2D eigenvalue weighted by Gasteiger charge is 2.31. The van der Waals surface area contributed by atoms with Gasteiger partial charge in [-0.05, 0) is 6.07 Å². The fourth-order valence-corrected chi connectivity index (χ4v) is 0.868. The number of nitrogens with zero attached hydrogens (tertiary/aromatic N) is 4. The number of halogens is 3. The summed E-state index contributed by atoms with van der Waals surface area (Å²) in [4.78, 5) is 3.56. The largest absolute Gasteiger partial charge is 0.504 e. The highest BCUT2D eigenvalue weighted by molar-refractivity contribution is 5.46. The van der Waals surface area contributed by atoms with Gasteiger partial charge < -0.3 is 4.52 Å². The molecule has 0 amide bonds. The second kappa shape index (κ2) is 2.82. The van der Waals surface area contributed by atoms with E-state index in [2.05, 4.69) is 19.8 Å². The standard InChI is InChI=1S/C6H3F3N4O/c7-6(8,9)13-2-1-4(11-13)5-10-3-14-12-5/h1-3H. The minimum Gasteiger partial charge on any atom is -0.342 e. The van der Waals surface area contributed by atoms with E-state index in [1.165, 1.54) is 0 Å². The van der Waals surface area contributed by atoms with E-state index < -0.39 is 6.30 Å². The first-order valence-corrected chi connectivity index (χ1v) is 3.47. The van der Waals surface area contributed by atoms with Gasteiger partial charge in [0.1, 0.15) is 5.69 Å². The van der Waals surface area contributed by atoms with Crippen molar-refractivity contribution in [2.45, 2.75) is 6.30 Å². The van der Waals surface area contributed by atoms with Gasteiger partial charge in [-0.25, -0.2) is 0 Å². The Morgan fingerprint density at radius 2 is 2.14 bits per heavy atom. The summed E-state index contributed by atoms with van der Waals surface area (Å²) >= 11 is 0. The molecule has 2 heterocycles. The molecule has 5 nitrogen and oxygen atoms in total. The first-order chi connectivity index (χ1) is 6.57. The Kier molecular flexibility index (Phi) is 1.76. The van der Waals surface area contributed by atoms with Crippen molar-refractivity contribution < 1.29 is 17.7 Å². The summed E-state index contributed by atoms with van der Waals surface area (Å²) in [6, 6.07) is 1.15. The first kappa shape index (κ1) is 8.73. The Morgan fingerprint density at radius 1 is 1.36 bits per heavy atom. The van der Waals surface area contributed by atoms with Crippen LogP contribution in [0.5, 0.6) is 0 Å². The van der Waals surface area contributed by atoms with Crippen LogP contribution in [-0.4, -0.2) is 19.9 Å². The number of hydrogen-bond acceptors (Lipinski definition) is 4. The second-order valence-corrected chi connectivity index (χ2v) is 2.37. The van der Waals surface area contributed by atoms with Crippen LogP contribution in [0.3, 0.4) is 0 Å². The Bertz CT molecular complexity index is 418. The lowest BCUT2D eigenvalue weighted by Gasteiger charge is -2.03. The zero-order valence-electron chi connectivity index (χ0n) is 6.56. The molecule has 14 heavy (non-hydrogen) atoms. The van der Waals surface area contributed by atoms with Crippen LogP contribution in [-0.2, 0) is 6.30 Å². The summed E-state index contributed by atoms with van der Waals surface area (Å²) in [5.41, 5.74) is 0.0103. The molecule has 0 bridgehead atoms. The van der Waals surface area contributed by atoms with Crippen LogP contribution in [0.2, 0.25) is 0 Å². The Labute approximate surface area is 75.1 Å². The number of hydrogen-bond donors (Lipinski definition) is 0. The molecular weight excluding hydrogens is 201 g/mol. The van der Waals surface area contributed by atoms with Crippen molar-refractivity contribution in [3.05, 3.63) is 18.7 Å². The lowest BCUT2D eigenvalue weighted by molar-refractivity contribution is -0.212. The van der Waals surface area contributed by atoms with Crippen LogP contribution in [0, 0.1) is 0 Å². The number of aromatic nitrogens is 4. The van der Waals surface area contributed by atoms with E-state index in [0.29, 0.717) is 0 Å². The predicted molar refractivity (Wildman–Crippen MR) is 36.8 cm³/mol. The maximum Gasteiger partial charge on any atom is 0.504 e. The van der Waals surface area contributed by atoms with Crippen molar-refractivity contribution in [3.8, 4) is 11.5 Å². The van der Waals surface area contributed by atoms with Crippen molar-refractivity contribution in [1.82, 2.24) is 19.9 Å². The normalized spacial score (nSPS) is 11.9. The number of rotatable bonds is 1. The molecule has 0 aliphatic carbocycles. The van der Waals surface area contributed by atoms with E-state index in [1.807, 2.05) is 0 Å². The fourth-order valence-electron chi connectivity index (χ4n) is 0.868. The summed E-state index contributed by atoms with van der Waals surface area (Å²) in [7, 11) is 0. The summed E-state index contributed by atoms with van der Waals surface area (Å²) in [5, 5.41) is 6.58. The van der Waals surface area contributed by atoms with Crippen molar-refractivity contribution in [1.29, 1.82) is 0 Å². The quantitative estimate of drug-likeness (QED) is 0.704. The minimum absolute atomic E-state index is 0.0103. The highest BCUT2D eigenvalue weighted by atomic mass is 19.4. The van der Waals surface area contributed by atoms with E-state index in [4.69, 9.17) is 0 Å². The van der Waals surface area contributed by atoms with Gasteiger partial charge in [0, 0.05) is 6.20 Å². The van der Waals surface area contributed by atoms with Gasteiger partial charge in [-0.2, -0.15) is 14.8 Å². The van der Waals surface area contributed by atoms with E-state index >= 15 is 0 Å². The average Bonchev–Trinajstić information content (AvgIpc) is 2.73. The van der Waals surface area contributed by atoms with Crippen LogP contribution in [0.25, 0.3) is 11.5 Å². The Hall–Kier alpha value is -1.86. The van der Waals surface area contributed by atoms with E-state index in [9.17, 15) is 13.2 Å². The van der Waals surface area contributed by atoms with Gasteiger partial charge in [0.25, 0.3) is 0 Å². The molecule has 0 unspecified atom stereocenters. The molecule has 2 rings (SSSR count). The molecule has 8 heteroatoms. The Morgan fingerprint density at radius 3 is 2.64 bits per heavy atom. The molecule has 0 aromatic carbocycles. The average molecular weight is 204 g/mol. The van der Waals surface area contributed by atoms with Crippen molar-refractivity contribution in [2.75, 3.05) is 0 Å². The zero-order chi connectivity index (χ0) is 10.2. The van der Waals surface area contributed by atoms with Gasteiger partial charge in [-0.15, -0.1) is 13.2 Å². The van der Waals surface area contributed by atoms with Gasteiger partial charge in [0.15, 0.2) is 0 Å². The summed E-state index contributed by atoms with van der Waals surface area (Å²) < 4.78 is 40.5. The van der Waals surface area contributed by atoms with Crippen molar-refractivity contribution in [3.63, 3.8) is 0 Å². The van der Waals surface area contributed by atoms with Gasteiger partial charge >= 0.3 is 6.30 Å². The topological polar surface area (TPSA) is 56.7 Å². The molecule has 0 saturated carbocycles. The van der Waals surface area contributed by atoms with E-state index in [0.717, 1.165) is 18.7 Å². The predicted octanol–water partition coefficient (Wildman–Crippen LogP) is 1.41. The van der Waals surface area contributed by atoms with Crippen LogP contribution in [0.4, 0.5) is 13.2 Å². The minimum atomic E-state index is -4.53. The second-order valence-electron chi connectivity index (χ2n) is 2.37. The van der Waals surface area contributed by atoms with Gasteiger partial charge in [0.05, 0.1) is 0 Å².